The van der Waals surface area contributed by atoms with Crippen molar-refractivity contribution >= 4 is 5.69 Å². The molecule has 2 N–H and O–H groups in total. The normalized spacial score (nSPS) is 11.9. The molecule has 0 spiro atoms. The van der Waals surface area contributed by atoms with Crippen LogP contribution >= 0.6 is 0 Å². The Morgan fingerprint density at radius 2 is 1.90 bits per heavy atom. The number of hydrogen-bond acceptors (Lipinski definition) is 3. The zero-order chi connectivity index (χ0) is 14.4. The standard InChI is InChI=1S/C17H21NO2/c1-3-20-17-10-9-16(11-15(17)12-19)18-13(2)14-7-5-4-6-8-14/h4-11,13,18-19H,3,12H2,1-2H3. The quantitative estimate of drug-likeness (QED) is 0.840. The Labute approximate surface area is 120 Å². The Morgan fingerprint density at radius 3 is 2.55 bits per heavy atom. The Bertz CT molecular complexity index is 540. The van der Waals surface area contributed by atoms with Crippen molar-refractivity contribution in [3.8, 4) is 5.75 Å². The van der Waals surface area contributed by atoms with Crippen molar-refractivity contribution in [2.24, 2.45) is 0 Å². The van der Waals surface area contributed by atoms with E-state index in [1.807, 2.05) is 43.3 Å². The van der Waals surface area contributed by atoms with Gasteiger partial charge >= 0.3 is 0 Å². The number of ether oxygens (including phenoxy) is 1. The molecule has 3 nitrogen and oxygen atoms in total. The number of aliphatic hydroxyl groups excluding tert-OH is 1. The van der Waals surface area contributed by atoms with Crippen LogP contribution in [0.5, 0.6) is 5.75 Å². The molecule has 2 aromatic carbocycles. The Morgan fingerprint density at radius 1 is 1.15 bits per heavy atom. The SMILES string of the molecule is CCOc1ccc(NC(C)c2ccccc2)cc1CO. The molecular weight excluding hydrogens is 250 g/mol. The molecule has 0 radical (unpaired) electrons. The molecular formula is C17H21NO2. The molecule has 0 saturated heterocycles. The average Bonchev–Trinajstić information content (AvgIpc) is 2.50. The molecule has 0 aliphatic carbocycles. The maximum Gasteiger partial charge on any atom is 0.124 e. The van der Waals surface area contributed by atoms with E-state index in [4.69, 9.17) is 4.74 Å². The molecule has 106 valence electrons. The number of hydrogen-bond donors (Lipinski definition) is 2. The van der Waals surface area contributed by atoms with E-state index in [1.54, 1.807) is 0 Å². The first-order chi connectivity index (χ1) is 9.74. The summed E-state index contributed by atoms with van der Waals surface area (Å²) in [4.78, 5) is 0. The predicted molar refractivity (Wildman–Crippen MR) is 82.0 cm³/mol. The number of nitrogens with one attached hydrogen (secondary N) is 1. The zero-order valence-corrected chi connectivity index (χ0v) is 12.0. The zero-order valence-electron chi connectivity index (χ0n) is 12.0. The fraction of sp³-hybridized carbons (Fsp3) is 0.294. The first-order valence-corrected chi connectivity index (χ1v) is 6.92. The van der Waals surface area contributed by atoms with Gasteiger partial charge < -0.3 is 15.2 Å². The number of benzene rings is 2. The van der Waals surface area contributed by atoms with Gasteiger partial charge in [0, 0.05) is 17.3 Å². The maximum absolute atomic E-state index is 9.41. The van der Waals surface area contributed by atoms with Crippen LogP contribution in [0.25, 0.3) is 0 Å². The van der Waals surface area contributed by atoms with Crippen LogP contribution in [-0.4, -0.2) is 11.7 Å². The summed E-state index contributed by atoms with van der Waals surface area (Å²) >= 11 is 0. The van der Waals surface area contributed by atoms with Gasteiger partial charge in [-0.25, -0.2) is 0 Å². The molecule has 0 aliphatic heterocycles. The fourth-order valence-electron chi connectivity index (χ4n) is 2.16. The fourth-order valence-corrected chi connectivity index (χ4v) is 2.16. The topological polar surface area (TPSA) is 41.5 Å². The van der Waals surface area contributed by atoms with Gasteiger partial charge in [-0.1, -0.05) is 30.3 Å². The molecule has 3 heteroatoms. The monoisotopic (exact) mass is 271 g/mol. The van der Waals surface area contributed by atoms with Gasteiger partial charge in [-0.3, -0.25) is 0 Å². The predicted octanol–water partition coefficient (Wildman–Crippen LogP) is 3.75. The molecule has 0 saturated carbocycles. The molecule has 0 aliphatic rings. The molecule has 0 amide bonds. The largest absolute Gasteiger partial charge is 0.494 e. The molecule has 0 heterocycles. The van der Waals surface area contributed by atoms with Crippen molar-refractivity contribution < 1.29 is 9.84 Å². The van der Waals surface area contributed by atoms with Gasteiger partial charge in [0.05, 0.1) is 13.2 Å². The molecule has 20 heavy (non-hydrogen) atoms. The lowest BCUT2D eigenvalue weighted by molar-refractivity contribution is 0.267. The maximum atomic E-state index is 9.41. The highest BCUT2D eigenvalue weighted by molar-refractivity contribution is 5.52. The van der Waals surface area contributed by atoms with Crippen LogP contribution in [0.3, 0.4) is 0 Å². The van der Waals surface area contributed by atoms with Crippen LogP contribution in [0.1, 0.15) is 31.0 Å². The van der Waals surface area contributed by atoms with Crippen LogP contribution in [0.15, 0.2) is 48.5 Å². The van der Waals surface area contributed by atoms with Gasteiger partial charge in [0.25, 0.3) is 0 Å². The summed E-state index contributed by atoms with van der Waals surface area (Å²) < 4.78 is 5.48. The first kappa shape index (κ1) is 14.4. The summed E-state index contributed by atoms with van der Waals surface area (Å²) in [5.41, 5.74) is 3.01. The van der Waals surface area contributed by atoms with Crippen molar-refractivity contribution in [1.29, 1.82) is 0 Å². The van der Waals surface area contributed by atoms with Crippen molar-refractivity contribution in [2.45, 2.75) is 26.5 Å². The molecule has 1 atom stereocenters. The number of anilines is 1. The van der Waals surface area contributed by atoms with E-state index >= 15 is 0 Å². The third kappa shape index (κ3) is 3.52. The van der Waals surface area contributed by atoms with Gasteiger partial charge in [-0.05, 0) is 37.6 Å². The molecule has 0 fully saturated rings. The summed E-state index contributed by atoms with van der Waals surface area (Å²) in [6.07, 6.45) is 0. The average molecular weight is 271 g/mol. The van der Waals surface area contributed by atoms with Crippen LogP contribution in [-0.2, 0) is 6.61 Å². The molecule has 1 unspecified atom stereocenters. The van der Waals surface area contributed by atoms with E-state index in [2.05, 4.69) is 24.4 Å². The van der Waals surface area contributed by atoms with Gasteiger partial charge in [0.15, 0.2) is 0 Å². The lowest BCUT2D eigenvalue weighted by Crippen LogP contribution is -2.07. The molecule has 2 aromatic rings. The van der Waals surface area contributed by atoms with Gasteiger partial charge in [-0.15, -0.1) is 0 Å². The smallest absolute Gasteiger partial charge is 0.124 e. The van der Waals surface area contributed by atoms with Gasteiger partial charge in [-0.2, -0.15) is 0 Å². The minimum absolute atomic E-state index is 0.0232. The lowest BCUT2D eigenvalue weighted by Gasteiger charge is -2.17. The third-order valence-electron chi connectivity index (χ3n) is 3.21. The molecule has 0 aromatic heterocycles. The highest BCUT2D eigenvalue weighted by Crippen LogP contribution is 2.25. The van der Waals surface area contributed by atoms with Crippen molar-refractivity contribution in [2.75, 3.05) is 11.9 Å². The van der Waals surface area contributed by atoms with E-state index in [9.17, 15) is 5.11 Å². The second-order valence-corrected chi connectivity index (χ2v) is 4.69. The second kappa shape index (κ2) is 6.96. The van der Waals surface area contributed by atoms with Crippen LogP contribution < -0.4 is 10.1 Å². The summed E-state index contributed by atoms with van der Waals surface area (Å²) in [6, 6.07) is 16.3. The molecule has 0 bridgehead atoms. The number of aliphatic hydroxyl groups is 1. The highest BCUT2D eigenvalue weighted by atomic mass is 16.5. The molecule has 2 rings (SSSR count). The first-order valence-electron chi connectivity index (χ1n) is 6.92. The van der Waals surface area contributed by atoms with Gasteiger partial charge in [0.2, 0.25) is 0 Å². The summed E-state index contributed by atoms with van der Waals surface area (Å²) in [6.45, 7) is 4.62. The minimum Gasteiger partial charge on any atom is -0.494 e. The summed E-state index contributed by atoms with van der Waals surface area (Å²) in [5.74, 6) is 0.743. The van der Waals surface area contributed by atoms with Crippen LogP contribution in [0.2, 0.25) is 0 Å². The lowest BCUT2D eigenvalue weighted by atomic mass is 10.1. The highest BCUT2D eigenvalue weighted by Gasteiger charge is 2.07. The van der Waals surface area contributed by atoms with E-state index in [1.165, 1.54) is 5.56 Å². The van der Waals surface area contributed by atoms with Crippen LogP contribution in [0.4, 0.5) is 5.69 Å². The summed E-state index contributed by atoms with van der Waals surface area (Å²) in [7, 11) is 0. The minimum atomic E-state index is -0.0232. The van der Waals surface area contributed by atoms with E-state index in [0.717, 1.165) is 17.0 Å². The van der Waals surface area contributed by atoms with Crippen molar-refractivity contribution in [3.63, 3.8) is 0 Å². The third-order valence-corrected chi connectivity index (χ3v) is 3.21. The second-order valence-electron chi connectivity index (χ2n) is 4.69. The van der Waals surface area contributed by atoms with E-state index in [-0.39, 0.29) is 12.6 Å². The van der Waals surface area contributed by atoms with E-state index in [0.29, 0.717) is 6.61 Å². The Hall–Kier alpha value is -2.00. The van der Waals surface area contributed by atoms with Crippen LogP contribution in [0, 0.1) is 0 Å². The van der Waals surface area contributed by atoms with Crippen molar-refractivity contribution in [3.05, 3.63) is 59.7 Å². The Kier molecular flexibility index (Phi) is 5.02. The number of rotatable bonds is 6. The summed E-state index contributed by atoms with van der Waals surface area (Å²) in [5, 5.41) is 12.8. The van der Waals surface area contributed by atoms with Crippen molar-refractivity contribution in [1.82, 2.24) is 0 Å². The Balaban J connectivity index is 2.13. The van der Waals surface area contributed by atoms with E-state index < -0.39 is 0 Å². The van der Waals surface area contributed by atoms with Gasteiger partial charge in [0.1, 0.15) is 5.75 Å².